The fraction of sp³-hybridized carbons (Fsp3) is 0.296. The number of amides is 2. The molecule has 0 unspecified atom stereocenters. The van der Waals surface area contributed by atoms with Crippen molar-refractivity contribution >= 4 is 38.5 Å². The molecule has 0 radical (unpaired) electrons. The number of sulfone groups is 1. The Hall–Kier alpha value is -4.16. The lowest BCUT2D eigenvalue weighted by Gasteiger charge is -2.45. The first-order valence-corrected chi connectivity index (χ1v) is 14.2. The number of rotatable bonds is 7. The van der Waals surface area contributed by atoms with Crippen LogP contribution in [0.2, 0.25) is 0 Å². The number of anilines is 2. The van der Waals surface area contributed by atoms with E-state index in [2.05, 4.69) is 44.7 Å². The van der Waals surface area contributed by atoms with Crippen molar-refractivity contribution in [2.75, 3.05) is 36.5 Å². The summed E-state index contributed by atoms with van der Waals surface area (Å²) in [5, 5.41) is 13.8. The van der Waals surface area contributed by atoms with Crippen molar-refractivity contribution in [1.29, 1.82) is 0 Å². The molecule has 202 valence electrons. The number of fused-ring (bicyclic) bond motifs is 1. The van der Waals surface area contributed by atoms with E-state index in [1.165, 1.54) is 4.52 Å². The summed E-state index contributed by atoms with van der Waals surface area (Å²) in [6.45, 7) is 8.14. The molecule has 1 aromatic carbocycles. The molecule has 11 nitrogen and oxygen atoms in total. The predicted octanol–water partition coefficient (Wildman–Crippen LogP) is 3.04. The van der Waals surface area contributed by atoms with Gasteiger partial charge in [-0.1, -0.05) is 37.3 Å². The molecular formula is C27H29N7O4S. The second-order valence-corrected chi connectivity index (χ2v) is 12.7. The Morgan fingerprint density at radius 2 is 1.72 bits per heavy atom. The van der Waals surface area contributed by atoms with Crippen LogP contribution in [-0.4, -0.2) is 70.8 Å². The number of hydrogen-bond donors (Lipinski definition) is 2. The summed E-state index contributed by atoms with van der Waals surface area (Å²) >= 11 is 0. The van der Waals surface area contributed by atoms with Crippen molar-refractivity contribution in [2.45, 2.75) is 25.7 Å². The average Bonchev–Trinajstić information content (AvgIpc) is 3.28. The first kappa shape index (κ1) is 26.4. The molecule has 3 aromatic heterocycles. The molecule has 0 spiro atoms. The van der Waals surface area contributed by atoms with E-state index in [0.717, 1.165) is 30.5 Å². The van der Waals surface area contributed by atoms with Crippen molar-refractivity contribution in [2.24, 2.45) is 5.41 Å². The molecule has 5 rings (SSSR count). The minimum absolute atomic E-state index is 0.128. The highest BCUT2D eigenvalue weighted by Crippen LogP contribution is 2.28. The molecule has 2 N–H and O–H groups in total. The van der Waals surface area contributed by atoms with Gasteiger partial charge in [-0.2, -0.15) is 0 Å². The number of carbonyl (C=O) groups is 2. The van der Waals surface area contributed by atoms with Gasteiger partial charge >= 0.3 is 0 Å². The largest absolute Gasteiger partial charge is 0.324 e. The van der Waals surface area contributed by atoms with Crippen molar-refractivity contribution < 1.29 is 18.0 Å². The predicted molar refractivity (Wildman–Crippen MR) is 147 cm³/mol. The maximum Gasteiger partial charge on any atom is 0.278 e. The van der Waals surface area contributed by atoms with Crippen LogP contribution in [0.1, 0.15) is 30.0 Å². The summed E-state index contributed by atoms with van der Waals surface area (Å²) in [7, 11) is -3.29. The minimum Gasteiger partial charge on any atom is -0.324 e. The molecule has 2 amide bonds. The highest BCUT2D eigenvalue weighted by atomic mass is 32.2. The third kappa shape index (κ3) is 5.81. The van der Waals surface area contributed by atoms with Crippen LogP contribution in [0.3, 0.4) is 0 Å². The van der Waals surface area contributed by atoms with E-state index < -0.39 is 15.7 Å². The fourth-order valence-electron chi connectivity index (χ4n) is 4.71. The van der Waals surface area contributed by atoms with E-state index in [1.54, 1.807) is 55.7 Å². The van der Waals surface area contributed by atoms with E-state index in [0.29, 0.717) is 29.1 Å². The van der Waals surface area contributed by atoms with Crippen LogP contribution in [0.4, 0.5) is 11.4 Å². The van der Waals surface area contributed by atoms with Gasteiger partial charge in [-0.25, -0.2) is 12.9 Å². The van der Waals surface area contributed by atoms with Crippen LogP contribution in [-0.2, 0) is 14.6 Å². The van der Waals surface area contributed by atoms with E-state index in [4.69, 9.17) is 0 Å². The molecule has 1 aliphatic rings. The van der Waals surface area contributed by atoms with E-state index in [-0.39, 0.29) is 21.9 Å². The number of benzene rings is 1. The summed E-state index contributed by atoms with van der Waals surface area (Å²) in [6.07, 6.45) is 4.44. The lowest BCUT2D eigenvalue weighted by atomic mass is 9.84. The van der Waals surface area contributed by atoms with Crippen LogP contribution in [0.25, 0.3) is 16.6 Å². The lowest BCUT2D eigenvalue weighted by Crippen LogP contribution is -2.54. The number of nitrogens with one attached hydrogen (secondary N) is 2. The molecule has 12 heteroatoms. The minimum atomic E-state index is -3.29. The van der Waals surface area contributed by atoms with Gasteiger partial charge in [0.2, 0.25) is 5.91 Å². The number of carbonyl (C=O) groups excluding carboxylic acids is 2. The van der Waals surface area contributed by atoms with Crippen molar-refractivity contribution in [1.82, 2.24) is 24.7 Å². The lowest BCUT2D eigenvalue weighted by molar-refractivity contribution is -0.120. The average molecular weight is 548 g/mol. The van der Waals surface area contributed by atoms with Gasteiger partial charge < -0.3 is 10.6 Å². The molecule has 1 aliphatic heterocycles. The molecule has 0 bridgehead atoms. The van der Waals surface area contributed by atoms with Crippen LogP contribution >= 0.6 is 0 Å². The maximum absolute atomic E-state index is 13.1. The quantitative estimate of drug-likeness (QED) is 0.360. The SMILES string of the molecule is Cc1ncc(NC(=O)CN2CC(C)(C)C2)cc1NC(=O)c1nnn2cc(-c3ccc(S(C)(=O)=O)cc3)ccc12. The molecule has 1 fully saturated rings. The zero-order valence-corrected chi connectivity index (χ0v) is 22.9. The van der Waals surface area contributed by atoms with Crippen molar-refractivity contribution in [3.63, 3.8) is 0 Å². The Morgan fingerprint density at radius 3 is 2.38 bits per heavy atom. The highest BCUT2D eigenvalue weighted by Gasteiger charge is 2.34. The van der Waals surface area contributed by atoms with Gasteiger partial charge in [0.05, 0.1) is 40.2 Å². The Bertz CT molecular complexity index is 1690. The van der Waals surface area contributed by atoms with Crippen LogP contribution in [0.15, 0.2) is 59.8 Å². The van der Waals surface area contributed by atoms with Crippen molar-refractivity contribution in [3.8, 4) is 11.1 Å². The Balaban J connectivity index is 1.29. The molecule has 1 saturated heterocycles. The first-order chi connectivity index (χ1) is 18.4. The third-order valence-electron chi connectivity index (χ3n) is 6.53. The summed E-state index contributed by atoms with van der Waals surface area (Å²) in [4.78, 5) is 32.2. The van der Waals surface area contributed by atoms with Gasteiger partial charge in [0, 0.05) is 31.1 Å². The monoisotopic (exact) mass is 547 g/mol. The Kier molecular flexibility index (Phi) is 6.69. The highest BCUT2D eigenvalue weighted by molar-refractivity contribution is 7.90. The molecular weight excluding hydrogens is 518 g/mol. The number of pyridine rings is 2. The normalized spacial score (nSPS) is 15.1. The smallest absolute Gasteiger partial charge is 0.278 e. The number of aromatic nitrogens is 4. The zero-order valence-electron chi connectivity index (χ0n) is 22.1. The second-order valence-electron chi connectivity index (χ2n) is 10.7. The van der Waals surface area contributed by atoms with E-state index in [1.807, 2.05) is 6.07 Å². The molecule has 4 aromatic rings. The molecule has 0 aliphatic carbocycles. The summed E-state index contributed by atoms with van der Waals surface area (Å²) in [5.41, 5.74) is 3.96. The standard InChI is InChI=1S/C27H29N7O4S/c1-17-22(11-20(12-28-17)29-24(35)14-33-15-27(2,3)16-33)30-26(36)25-23-10-7-19(13-34(23)32-31-25)18-5-8-21(9-6-18)39(4,37)38/h5-13H,14-16H2,1-4H3,(H,29,35)(H,30,36). The van der Waals surface area contributed by atoms with Gasteiger partial charge in [-0.05, 0) is 42.2 Å². The van der Waals surface area contributed by atoms with Crippen LogP contribution < -0.4 is 10.6 Å². The number of aryl methyl sites for hydroxylation is 1. The fourth-order valence-corrected chi connectivity index (χ4v) is 5.34. The number of nitrogens with zero attached hydrogens (tertiary/aromatic N) is 5. The van der Waals surface area contributed by atoms with Crippen LogP contribution in [0.5, 0.6) is 0 Å². The summed E-state index contributed by atoms with van der Waals surface area (Å²) in [5.74, 6) is -0.606. The summed E-state index contributed by atoms with van der Waals surface area (Å²) < 4.78 is 24.9. The van der Waals surface area contributed by atoms with Gasteiger partial charge in [0.1, 0.15) is 0 Å². The Morgan fingerprint density at radius 1 is 1.03 bits per heavy atom. The molecule has 4 heterocycles. The molecule has 0 saturated carbocycles. The molecule has 0 atom stereocenters. The van der Waals surface area contributed by atoms with E-state index >= 15 is 0 Å². The Labute approximate surface area is 226 Å². The van der Waals surface area contributed by atoms with Crippen LogP contribution in [0, 0.1) is 12.3 Å². The van der Waals surface area contributed by atoms with Gasteiger partial charge in [-0.15, -0.1) is 5.10 Å². The van der Waals surface area contributed by atoms with Gasteiger partial charge in [0.15, 0.2) is 15.5 Å². The van der Waals surface area contributed by atoms with Gasteiger partial charge in [0.25, 0.3) is 5.91 Å². The topological polar surface area (TPSA) is 139 Å². The first-order valence-electron chi connectivity index (χ1n) is 12.3. The zero-order chi connectivity index (χ0) is 27.9. The van der Waals surface area contributed by atoms with Gasteiger partial charge in [-0.3, -0.25) is 19.5 Å². The third-order valence-corrected chi connectivity index (χ3v) is 7.66. The summed E-state index contributed by atoms with van der Waals surface area (Å²) in [6, 6.07) is 11.7. The van der Waals surface area contributed by atoms with Crippen molar-refractivity contribution in [3.05, 3.63) is 66.2 Å². The second kappa shape index (κ2) is 9.86. The number of likely N-dealkylation sites (tertiary alicyclic amines) is 1. The van der Waals surface area contributed by atoms with E-state index in [9.17, 15) is 18.0 Å². The maximum atomic E-state index is 13.1. The molecule has 39 heavy (non-hydrogen) atoms. The number of hydrogen-bond acceptors (Lipinski definition) is 8.